The first-order valence-electron chi connectivity index (χ1n) is 8.28. The van der Waals surface area contributed by atoms with Crippen molar-refractivity contribution in [1.82, 2.24) is 14.5 Å². The van der Waals surface area contributed by atoms with Crippen LogP contribution in [-0.2, 0) is 17.8 Å². The highest BCUT2D eigenvalue weighted by molar-refractivity contribution is 7.09. The number of imidazole rings is 1. The van der Waals surface area contributed by atoms with E-state index in [1.807, 2.05) is 29.6 Å². The van der Waals surface area contributed by atoms with Gasteiger partial charge < -0.3 is 4.57 Å². The number of hydrogen-bond donors (Lipinski definition) is 1. The van der Waals surface area contributed by atoms with Gasteiger partial charge in [-0.3, -0.25) is 10.1 Å². The number of hydrogen-bond acceptors (Lipinski definition) is 4. The molecule has 1 amide bonds. The number of anilines is 1. The molecule has 0 fully saturated rings. The van der Waals surface area contributed by atoms with Crippen LogP contribution >= 0.6 is 11.3 Å². The van der Waals surface area contributed by atoms with Gasteiger partial charge in [0.1, 0.15) is 0 Å². The van der Waals surface area contributed by atoms with Crippen LogP contribution in [0.2, 0.25) is 0 Å². The quantitative estimate of drug-likeness (QED) is 0.730. The fraction of sp³-hybridized carbons (Fsp3) is 0.389. The molecule has 1 aromatic carbocycles. The van der Waals surface area contributed by atoms with Crippen molar-refractivity contribution in [3.05, 3.63) is 40.3 Å². The van der Waals surface area contributed by atoms with Crippen LogP contribution < -0.4 is 5.32 Å². The maximum absolute atomic E-state index is 12.4. The molecule has 0 aliphatic rings. The van der Waals surface area contributed by atoms with Crippen molar-refractivity contribution in [1.29, 1.82) is 0 Å². The molecule has 1 N–H and O–H groups in total. The molecule has 126 valence electrons. The van der Waals surface area contributed by atoms with E-state index in [1.165, 1.54) is 0 Å². The number of carbonyl (C=O) groups is 1. The first kappa shape index (κ1) is 16.6. The molecule has 0 saturated carbocycles. The number of aryl methyl sites for hydroxylation is 1. The van der Waals surface area contributed by atoms with E-state index < -0.39 is 0 Å². The summed E-state index contributed by atoms with van der Waals surface area (Å²) < 4.78 is 2.06. The minimum absolute atomic E-state index is 0.0803. The van der Waals surface area contributed by atoms with Crippen LogP contribution in [0.3, 0.4) is 0 Å². The molecule has 0 unspecified atom stereocenters. The Kier molecular flexibility index (Phi) is 4.94. The second kappa shape index (κ2) is 7.13. The highest BCUT2D eigenvalue weighted by Crippen LogP contribution is 2.21. The molecule has 2 heterocycles. The Morgan fingerprint density at radius 3 is 2.79 bits per heavy atom. The lowest BCUT2D eigenvalue weighted by Gasteiger charge is -2.08. The predicted molar refractivity (Wildman–Crippen MR) is 98.6 cm³/mol. The number of nitrogens with zero attached hydrogens (tertiary/aromatic N) is 3. The zero-order valence-corrected chi connectivity index (χ0v) is 15.1. The molecule has 3 aromatic rings. The molecule has 0 spiro atoms. The van der Waals surface area contributed by atoms with Crippen molar-refractivity contribution in [2.24, 2.45) is 0 Å². The monoisotopic (exact) mass is 342 g/mol. The van der Waals surface area contributed by atoms with Crippen LogP contribution in [0.25, 0.3) is 11.0 Å². The smallest absolute Gasteiger partial charge is 0.232 e. The number of thiazole rings is 1. The number of nitrogens with one attached hydrogen (secondary N) is 1. The van der Waals surface area contributed by atoms with E-state index in [0.717, 1.165) is 34.7 Å². The van der Waals surface area contributed by atoms with Crippen LogP contribution in [0.4, 0.5) is 5.95 Å². The number of fused-ring (bicyclic) bond motifs is 1. The van der Waals surface area contributed by atoms with E-state index in [9.17, 15) is 4.79 Å². The van der Waals surface area contributed by atoms with Crippen molar-refractivity contribution in [2.75, 3.05) is 5.32 Å². The molecule has 0 bridgehead atoms. The molecule has 0 aliphatic heterocycles. The number of carbonyl (C=O) groups excluding carboxylic acids is 1. The third kappa shape index (κ3) is 3.48. The average molecular weight is 342 g/mol. The Labute approximate surface area is 145 Å². The molecule has 24 heavy (non-hydrogen) atoms. The van der Waals surface area contributed by atoms with E-state index in [0.29, 0.717) is 11.9 Å². The maximum Gasteiger partial charge on any atom is 0.232 e. The lowest BCUT2D eigenvalue weighted by Crippen LogP contribution is -2.18. The number of para-hydroxylation sites is 2. The SMILES string of the molecule is CCCn1c(NC(=O)Cc2csc(C(C)C)n2)nc2ccccc21. The van der Waals surface area contributed by atoms with Gasteiger partial charge in [-0.25, -0.2) is 9.97 Å². The number of aromatic nitrogens is 3. The van der Waals surface area contributed by atoms with E-state index in [2.05, 4.69) is 40.6 Å². The summed E-state index contributed by atoms with van der Waals surface area (Å²) >= 11 is 1.61. The predicted octanol–water partition coefficient (Wildman–Crippen LogP) is 4.21. The van der Waals surface area contributed by atoms with Crippen molar-refractivity contribution in [3.63, 3.8) is 0 Å². The first-order chi connectivity index (χ1) is 11.6. The summed E-state index contributed by atoms with van der Waals surface area (Å²) in [6, 6.07) is 7.94. The minimum atomic E-state index is -0.0803. The Morgan fingerprint density at radius 1 is 1.29 bits per heavy atom. The molecular weight excluding hydrogens is 320 g/mol. The summed E-state index contributed by atoms with van der Waals surface area (Å²) in [5, 5.41) is 5.98. The van der Waals surface area contributed by atoms with Gasteiger partial charge in [0.2, 0.25) is 11.9 Å². The van der Waals surface area contributed by atoms with Crippen LogP contribution in [0.1, 0.15) is 43.8 Å². The van der Waals surface area contributed by atoms with Gasteiger partial charge in [-0.2, -0.15) is 0 Å². The van der Waals surface area contributed by atoms with E-state index in [4.69, 9.17) is 0 Å². The highest BCUT2D eigenvalue weighted by Gasteiger charge is 2.14. The summed E-state index contributed by atoms with van der Waals surface area (Å²) in [6.07, 6.45) is 1.26. The molecule has 0 aliphatic carbocycles. The topological polar surface area (TPSA) is 59.8 Å². The van der Waals surface area contributed by atoms with E-state index in [-0.39, 0.29) is 12.3 Å². The molecule has 3 rings (SSSR count). The molecule has 0 saturated heterocycles. The Balaban J connectivity index is 1.78. The zero-order chi connectivity index (χ0) is 17.1. The Hall–Kier alpha value is -2.21. The molecule has 0 atom stereocenters. The lowest BCUT2D eigenvalue weighted by atomic mass is 10.2. The van der Waals surface area contributed by atoms with E-state index in [1.54, 1.807) is 11.3 Å². The second-order valence-corrected chi connectivity index (χ2v) is 7.02. The van der Waals surface area contributed by atoms with Gasteiger partial charge in [0.25, 0.3) is 0 Å². The van der Waals surface area contributed by atoms with Crippen molar-refractivity contribution < 1.29 is 4.79 Å². The van der Waals surface area contributed by atoms with E-state index >= 15 is 0 Å². The number of amides is 1. The summed E-state index contributed by atoms with van der Waals surface area (Å²) in [6.45, 7) is 7.15. The van der Waals surface area contributed by atoms with Crippen molar-refractivity contribution in [2.45, 2.75) is 46.1 Å². The summed E-state index contributed by atoms with van der Waals surface area (Å²) in [7, 11) is 0. The molecule has 5 nitrogen and oxygen atoms in total. The van der Waals surface area contributed by atoms with Crippen LogP contribution in [-0.4, -0.2) is 20.4 Å². The summed E-state index contributed by atoms with van der Waals surface area (Å²) in [4.78, 5) is 21.5. The molecule has 6 heteroatoms. The minimum Gasteiger partial charge on any atom is -0.310 e. The van der Waals surface area contributed by atoms with Gasteiger partial charge in [0.05, 0.1) is 28.2 Å². The maximum atomic E-state index is 12.4. The largest absolute Gasteiger partial charge is 0.310 e. The fourth-order valence-corrected chi connectivity index (χ4v) is 3.46. The van der Waals surface area contributed by atoms with Gasteiger partial charge in [0.15, 0.2) is 0 Å². The average Bonchev–Trinajstić information content (AvgIpc) is 3.13. The first-order valence-corrected chi connectivity index (χ1v) is 9.16. The Bertz CT molecular complexity index is 850. The molecular formula is C18H22N4OS. The van der Waals surface area contributed by atoms with Gasteiger partial charge in [-0.05, 0) is 18.6 Å². The number of benzene rings is 1. The number of rotatable bonds is 6. The lowest BCUT2D eigenvalue weighted by molar-refractivity contribution is -0.115. The van der Waals surface area contributed by atoms with Gasteiger partial charge in [0, 0.05) is 17.8 Å². The normalized spacial score (nSPS) is 11.3. The summed E-state index contributed by atoms with van der Waals surface area (Å²) in [5.74, 6) is 0.922. The van der Waals surface area contributed by atoms with Crippen LogP contribution in [0.15, 0.2) is 29.6 Å². The molecule has 0 radical (unpaired) electrons. The third-order valence-electron chi connectivity index (χ3n) is 3.76. The third-order valence-corrected chi connectivity index (χ3v) is 4.95. The fourth-order valence-electron chi connectivity index (χ4n) is 2.62. The van der Waals surface area contributed by atoms with Gasteiger partial charge in [-0.15, -0.1) is 11.3 Å². The van der Waals surface area contributed by atoms with Gasteiger partial charge >= 0.3 is 0 Å². The standard InChI is InChI=1S/C18H22N4OS/c1-4-9-22-15-8-6-5-7-14(15)20-18(22)21-16(23)10-13-11-24-17(19-13)12(2)3/h5-8,11-12H,4,9-10H2,1-3H3,(H,20,21,23). The highest BCUT2D eigenvalue weighted by atomic mass is 32.1. The van der Waals surface area contributed by atoms with Crippen LogP contribution in [0.5, 0.6) is 0 Å². The molecule has 2 aromatic heterocycles. The van der Waals surface area contributed by atoms with Crippen molar-refractivity contribution >= 4 is 34.2 Å². The van der Waals surface area contributed by atoms with Crippen molar-refractivity contribution in [3.8, 4) is 0 Å². The zero-order valence-electron chi connectivity index (χ0n) is 14.2. The second-order valence-electron chi connectivity index (χ2n) is 6.13. The van der Waals surface area contributed by atoms with Gasteiger partial charge in [-0.1, -0.05) is 32.9 Å². The van der Waals surface area contributed by atoms with Crippen LogP contribution in [0, 0.1) is 0 Å². The Morgan fingerprint density at radius 2 is 2.08 bits per heavy atom. The summed E-state index contributed by atoms with van der Waals surface area (Å²) in [5.41, 5.74) is 2.77.